The van der Waals surface area contributed by atoms with Crippen LogP contribution in [-0.4, -0.2) is 21.6 Å². The SMILES string of the molecule is O[C@@H](c1ccccc1)C1(CNc2ncccn2)CC1. The molecule has 98 valence electrons. The first-order chi connectivity index (χ1) is 9.30. The van der Waals surface area contributed by atoms with Gasteiger partial charge in [0.15, 0.2) is 0 Å². The van der Waals surface area contributed by atoms with Gasteiger partial charge in [-0.05, 0) is 24.5 Å². The fourth-order valence-corrected chi connectivity index (χ4v) is 2.34. The number of anilines is 1. The molecule has 0 spiro atoms. The molecular formula is C15H17N3O. The number of nitrogens with zero attached hydrogens (tertiary/aromatic N) is 2. The molecule has 1 aliphatic carbocycles. The van der Waals surface area contributed by atoms with E-state index in [1.165, 1.54) is 0 Å². The normalized spacial score (nSPS) is 17.7. The van der Waals surface area contributed by atoms with E-state index in [1.54, 1.807) is 18.5 Å². The number of nitrogens with one attached hydrogen (secondary N) is 1. The summed E-state index contributed by atoms with van der Waals surface area (Å²) in [5.41, 5.74) is 0.913. The Kier molecular flexibility index (Phi) is 3.17. The minimum absolute atomic E-state index is 0.0689. The number of hydrogen-bond donors (Lipinski definition) is 2. The highest BCUT2D eigenvalue weighted by molar-refractivity contribution is 5.27. The molecule has 0 bridgehead atoms. The zero-order chi connectivity index (χ0) is 13.1. The van der Waals surface area contributed by atoms with Crippen molar-refractivity contribution >= 4 is 5.95 Å². The summed E-state index contributed by atoms with van der Waals surface area (Å²) in [6.45, 7) is 0.701. The third kappa shape index (κ3) is 2.58. The summed E-state index contributed by atoms with van der Waals surface area (Å²) in [5, 5.41) is 13.7. The van der Waals surface area contributed by atoms with Crippen LogP contribution in [0.5, 0.6) is 0 Å². The maximum atomic E-state index is 10.5. The molecule has 4 nitrogen and oxygen atoms in total. The lowest BCUT2D eigenvalue weighted by molar-refractivity contribution is 0.0999. The molecule has 0 radical (unpaired) electrons. The maximum absolute atomic E-state index is 10.5. The van der Waals surface area contributed by atoms with Crippen LogP contribution in [0, 0.1) is 5.41 Å². The van der Waals surface area contributed by atoms with E-state index < -0.39 is 6.10 Å². The van der Waals surface area contributed by atoms with Crippen LogP contribution in [-0.2, 0) is 0 Å². The third-order valence-electron chi connectivity index (χ3n) is 3.75. The minimum Gasteiger partial charge on any atom is -0.388 e. The molecule has 3 rings (SSSR count). The molecule has 1 aromatic heterocycles. The molecule has 2 aromatic rings. The Morgan fingerprint density at radius 2 is 1.79 bits per heavy atom. The summed E-state index contributed by atoms with van der Waals surface area (Å²) in [6, 6.07) is 11.6. The highest BCUT2D eigenvalue weighted by atomic mass is 16.3. The van der Waals surface area contributed by atoms with Crippen LogP contribution in [0.2, 0.25) is 0 Å². The van der Waals surface area contributed by atoms with Crippen LogP contribution in [0.1, 0.15) is 24.5 Å². The molecular weight excluding hydrogens is 238 g/mol. The average molecular weight is 255 g/mol. The number of benzene rings is 1. The third-order valence-corrected chi connectivity index (χ3v) is 3.75. The van der Waals surface area contributed by atoms with Gasteiger partial charge in [-0.3, -0.25) is 0 Å². The summed E-state index contributed by atoms with van der Waals surface area (Å²) < 4.78 is 0. The summed E-state index contributed by atoms with van der Waals surface area (Å²) in [6.07, 6.45) is 5.06. The van der Waals surface area contributed by atoms with Gasteiger partial charge in [0.2, 0.25) is 5.95 Å². The van der Waals surface area contributed by atoms with Gasteiger partial charge in [-0.25, -0.2) is 9.97 Å². The zero-order valence-corrected chi connectivity index (χ0v) is 10.7. The maximum Gasteiger partial charge on any atom is 0.222 e. The van der Waals surface area contributed by atoms with Crippen LogP contribution in [0.15, 0.2) is 48.8 Å². The Labute approximate surface area is 112 Å². The monoisotopic (exact) mass is 255 g/mol. The van der Waals surface area contributed by atoms with Gasteiger partial charge in [-0.2, -0.15) is 0 Å². The second-order valence-electron chi connectivity index (χ2n) is 5.10. The number of rotatable bonds is 5. The van der Waals surface area contributed by atoms with Crippen molar-refractivity contribution in [2.75, 3.05) is 11.9 Å². The van der Waals surface area contributed by atoms with Gasteiger partial charge in [0.05, 0.1) is 6.10 Å². The second-order valence-corrected chi connectivity index (χ2v) is 5.10. The standard InChI is InChI=1S/C15H17N3O/c19-13(12-5-2-1-3-6-12)15(7-8-15)11-18-14-16-9-4-10-17-14/h1-6,9-10,13,19H,7-8,11H2,(H,16,17,18)/t13-/m0/s1. The van der Waals surface area contributed by atoms with Crippen molar-refractivity contribution in [3.05, 3.63) is 54.4 Å². The van der Waals surface area contributed by atoms with Crippen molar-refractivity contribution in [1.82, 2.24) is 9.97 Å². The van der Waals surface area contributed by atoms with Crippen LogP contribution in [0.25, 0.3) is 0 Å². The van der Waals surface area contributed by atoms with Crippen molar-refractivity contribution in [2.24, 2.45) is 5.41 Å². The number of aliphatic hydroxyl groups excluding tert-OH is 1. The highest BCUT2D eigenvalue weighted by Gasteiger charge is 2.49. The van der Waals surface area contributed by atoms with Gasteiger partial charge in [0.25, 0.3) is 0 Å². The van der Waals surface area contributed by atoms with E-state index in [0.717, 1.165) is 18.4 Å². The largest absolute Gasteiger partial charge is 0.388 e. The predicted molar refractivity (Wildman–Crippen MR) is 73.6 cm³/mol. The molecule has 1 aromatic carbocycles. The van der Waals surface area contributed by atoms with Crippen LogP contribution in [0.4, 0.5) is 5.95 Å². The molecule has 0 unspecified atom stereocenters. The molecule has 0 aliphatic heterocycles. The lowest BCUT2D eigenvalue weighted by Gasteiger charge is -2.23. The first kappa shape index (κ1) is 12.1. The summed E-state index contributed by atoms with van der Waals surface area (Å²) in [7, 11) is 0. The summed E-state index contributed by atoms with van der Waals surface area (Å²) >= 11 is 0. The van der Waals surface area contributed by atoms with Crippen LogP contribution >= 0.6 is 0 Å². The first-order valence-corrected chi connectivity index (χ1v) is 6.54. The van der Waals surface area contributed by atoms with Gasteiger partial charge in [0.1, 0.15) is 0 Å². The molecule has 0 saturated heterocycles. The summed E-state index contributed by atoms with van der Waals surface area (Å²) in [5.74, 6) is 0.619. The quantitative estimate of drug-likeness (QED) is 0.861. The van der Waals surface area contributed by atoms with E-state index in [4.69, 9.17) is 0 Å². The number of aromatic nitrogens is 2. The van der Waals surface area contributed by atoms with Crippen LogP contribution < -0.4 is 5.32 Å². The van der Waals surface area contributed by atoms with E-state index in [0.29, 0.717) is 12.5 Å². The fraction of sp³-hybridized carbons (Fsp3) is 0.333. The Morgan fingerprint density at radius 1 is 1.11 bits per heavy atom. The Bertz CT molecular complexity index is 526. The van der Waals surface area contributed by atoms with Crippen molar-refractivity contribution in [3.63, 3.8) is 0 Å². The van der Waals surface area contributed by atoms with Crippen molar-refractivity contribution < 1.29 is 5.11 Å². The average Bonchev–Trinajstić information content (AvgIpc) is 3.28. The molecule has 1 atom stereocenters. The van der Waals surface area contributed by atoms with Crippen molar-refractivity contribution in [1.29, 1.82) is 0 Å². The Hall–Kier alpha value is -1.94. The van der Waals surface area contributed by atoms with E-state index in [-0.39, 0.29) is 5.41 Å². The molecule has 1 fully saturated rings. The van der Waals surface area contributed by atoms with Gasteiger partial charge >= 0.3 is 0 Å². The summed E-state index contributed by atoms with van der Waals surface area (Å²) in [4.78, 5) is 8.28. The predicted octanol–water partition coefficient (Wildman–Crippen LogP) is 2.40. The van der Waals surface area contributed by atoms with Gasteiger partial charge < -0.3 is 10.4 Å². The van der Waals surface area contributed by atoms with Gasteiger partial charge in [0, 0.05) is 24.4 Å². The van der Waals surface area contributed by atoms with E-state index in [2.05, 4.69) is 15.3 Å². The van der Waals surface area contributed by atoms with Crippen molar-refractivity contribution in [3.8, 4) is 0 Å². The van der Waals surface area contributed by atoms with Crippen LogP contribution in [0.3, 0.4) is 0 Å². The van der Waals surface area contributed by atoms with Gasteiger partial charge in [-0.15, -0.1) is 0 Å². The molecule has 1 aliphatic rings. The minimum atomic E-state index is -0.426. The number of aliphatic hydroxyl groups is 1. The molecule has 2 N–H and O–H groups in total. The molecule has 4 heteroatoms. The lowest BCUT2D eigenvalue weighted by atomic mass is 9.93. The lowest BCUT2D eigenvalue weighted by Crippen LogP contribution is -2.23. The van der Waals surface area contributed by atoms with Crippen molar-refractivity contribution in [2.45, 2.75) is 18.9 Å². The topological polar surface area (TPSA) is 58.0 Å². The Balaban J connectivity index is 1.67. The first-order valence-electron chi connectivity index (χ1n) is 6.54. The molecule has 19 heavy (non-hydrogen) atoms. The Morgan fingerprint density at radius 3 is 2.42 bits per heavy atom. The molecule has 1 saturated carbocycles. The highest BCUT2D eigenvalue weighted by Crippen LogP contribution is 2.54. The smallest absolute Gasteiger partial charge is 0.222 e. The van der Waals surface area contributed by atoms with E-state index in [1.807, 2.05) is 30.3 Å². The van der Waals surface area contributed by atoms with E-state index >= 15 is 0 Å². The molecule has 1 heterocycles. The second kappa shape index (κ2) is 4.97. The van der Waals surface area contributed by atoms with Gasteiger partial charge in [-0.1, -0.05) is 30.3 Å². The van der Waals surface area contributed by atoms with E-state index in [9.17, 15) is 5.11 Å². The number of hydrogen-bond acceptors (Lipinski definition) is 4. The fourth-order valence-electron chi connectivity index (χ4n) is 2.34. The molecule has 0 amide bonds. The zero-order valence-electron chi connectivity index (χ0n) is 10.7.